The van der Waals surface area contributed by atoms with Crippen molar-refractivity contribution in [3.63, 3.8) is 0 Å². The third-order valence-electron chi connectivity index (χ3n) is 4.17. The number of halogens is 1. The Labute approximate surface area is 151 Å². The highest BCUT2D eigenvalue weighted by atomic mass is 19.1. The van der Waals surface area contributed by atoms with E-state index in [-0.39, 0.29) is 17.8 Å². The molecule has 1 unspecified atom stereocenters. The highest BCUT2D eigenvalue weighted by molar-refractivity contribution is 5.99. The van der Waals surface area contributed by atoms with Crippen LogP contribution in [0.3, 0.4) is 0 Å². The molecule has 6 nitrogen and oxygen atoms in total. The lowest BCUT2D eigenvalue weighted by Gasteiger charge is -2.22. The fraction of sp³-hybridized carbons (Fsp3) is 0.263. The molecule has 26 heavy (non-hydrogen) atoms. The minimum absolute atomic E-state index is 0.0998. The standard InChI is InChI=1S/C19H21FN4O2/c1-12-7-8-17(26-12)16(24(2)3)11-21-19(25)15-10-22-23-18(15)13-5-4-6-14(20)9-13/h4-10,16H,11H2,1-3H3,(H,21,25)(H,22,23). The average Bonchev–Trinajstić information content (AvgIpc) is 3.24. The zero-order valence-corrected chi connectivity index (χ0v) is 14.9. The maximum Gasteiger partial charge on any atom is 0.255 e. The molecule has 0 spiro atoms. The molecule has 3 aromatic rings. The average molecular weight is 356 g/mol. The maximum absolute atomic E-state index is 13.5. The number of likely N-dealkylation sites (N-methyl/N-ethyl adjacent to an activating group) is 1. The van der Waals surface area contributed by atoms with Crippen LogP contribution in [0.25, 0.3) is 11.3 Å². The molecule has 0 bridgehead atoms. The van der Waals surface area contributed by atoms with Crippen LogP contribution in [-0.4, -0.2) is 41.6 Å². The molecule has 0 aliphatic carbocycles. The largest absolute Gasteiger partial charge is 0.465 e. The third kappa shape index (κ3) is 3.83. The van der Waals surface area contributed by atoms with Crippen LogP contribution < -0.4 is 5.32 Å². The van der Waals surface area contributed by atoms with E-state index in [1.165, 1.54) is 18.3 Å². The number of benzene rings is 1. The van der Waals surface area contributed by atoms with Crippen molar-refractivity contribution in [1.29, 1.82) is 0 Å². The molecule has 2 heterocycles. The molecule has 0 aliphatic rings. The Morgan fingerprint density at radius 1 is 1.35 bits per heavy atom. The van der Waals surface area contributed by atoms with Crippen LogP contribution in [0.5, 0.6) is 0 Å². The van der Waals surface area contributed by atoms with E-state index < -0.39 is 0 Å². The van der Waals surface area contributed by atoms with Gasteiger partial charge in [0.25, 0.3) is 5.91 Å². The number of carbonyl (C=O) groups is 1. The third-order valence-corrected chi connectivity index (χ3v) is 4.17. The fourth-order valence-corrected chi connectivity index (χ4v) is 2.78. The van der Waals surface area contributed by atoms with Gasteiger partial charge < -0.3 is 9.73 Å². The topological polar surface area (TPSA) is 74.2 Å². The van der Waals surface area contributed by atoms with Gasteiger partial charge in [-0.2, -0.15) is 5.10 Å². The second kappa shape index (κ2) is 7.53. The number of hydrogen-bond acceptors (Lipinski definition) is 4. The van der Waals surface area contributed by atoms with E-state index in [9.17, 15) is 9.18 Å². The lowest BCUT2D eigenvalue weighted by Crippen LogP contribution is -2.34. The minimum atomic E-state index is -0.371. The number of furan rings is 1. The lowest BCUT2D eigenvalue weighted by atomic mass is 10.1. The molecule has 1 atom stereocenters. The van der Waals surface area contributed by atoms with Crippen LogP contribution in [0.15, 0.2) is 47.0 Å². The fourth-order valence-electron chi connectivity index (χ4n) is 2.78. The molecule has 0 fully saturated rings. The van der Waals surface area contributed by atoms with E-state index in [0.717, 1.165) is 11.5 Å². The number of carbonyl (C=O) groups excluding carboxylic acids is 1. The Morgan fingerprint density at radius 2 is 2.15 bits per heavy atom. The van der Waals surface area contributed by atoms with Gasteiger partial charge in [-0.3, -0.25) is 14.8 Å². The van der Waals surface area contributed by atoms with Gasteiger partial charge in [0.2, 0.25) is 0 Å². The first-order chi connectivity index (χ1) is 12.5. The lowest BCUT2D eigenvalue weighted by molar-refractivity contribution is 0.0939. The summed E-state index contributed by atoms with van der Waals surface area (Å²) in [6.07, 6.45) is 1.44. The normalized spacial score (nSPS) is 12.3. The highest BCUT2D eigenvalue weighted by Crippen LogP contribution is 2.23. The van der Waals surface area contributed by atoms with Gasteiger partial charge in [-0.15, -0.1) is 0 Å². The number of rotatable bonds is 6. The number of nitrogens with one attached hydrogen (secondary N) is 2. The number of hydrogen-bond donors (Lipinski definition) is 2. The SMILES string of the molecule is Cc1ccc(C(CNC(=O)c2cn[nH]c2-c2cccc(F)c2)N(C)C)o1. The zero-order chi connectivity index (χ0) is 18.7. The van der Waals surface area contributed by atoms with E-state index in [0.29, 0.717) is 23.4 Å². The van der Waals surface area contributed by atoms with Gasteiger partial charge >= 0.3 is 0 Å². The molecule has 0 radical (unpaired) electrons. The molecule has 0 saturated carbocycles. The van der Waals surface area contributed by atoms with Crippen LogP contribution >= 0.6 is 0 Å². The second-order valence-corrected chi connectivity index (χ2v) is 6.31. The summed E-state index contributed by atoms with van der Waals surface area (Å²) in [6.45, 7) is 2.25. The molecule has 3 rings (SSSR count). The first-order valence-electron chi connectivity index (χ1n) is 8.26. The molecule has 2 aromatic heterocycles. The summed E-state index contributed by atoms with van der Waals surface area (Å²) in [7, 11) is 3.84. The van der Waals surface area contributed by atoms with E-state index in [4.69, 9.17) is 4.42 Å². The van der Waals surface area contributed by atoms with Gasteiger partial charge in [-0.1, -0.05) is 12.1 Å². The Kier molecular flexibility index (Phi) is 5.18. The van der Waals surface area contributed by atoms with Crippen LogP contribution in [0, 0.1) is 12.7 Å². The van der Waals surface area contributed by atoms with Crippen LogP contribution in [0.4, 0.5) is 4.39 Å². The van der Waals surface area contributed by atoms with E-state index in [1.807, 2.05) is 38.1 Å². The summed E-state index contributed by atoms with van der Waals surface area (Å²) in [5.41, 5.74) is 1.42. The van der Waals surface area contributed by atoms with Gasteiger partial charge in [-0.05, 0) is 45.3 Å². The van der Waals surface area contributed by atoms with Crippen molar-refractivity contribution < 1.29 is 13.6 Å². The molecule has 0 aliphatic heterocycles. The first-order valence-corrected chi connectivity index (χ1v) is 8.26. The molecule has 2 N–H and O–H groups in total. The van der Waals surface area contributed by atoms with Crippen molar-refractivity contribution in [2.75, 3.05) is 20.6 Å². The molecule has 7 heteroatoms. The van der Waals surface area contributed by atoms with E-state index in [1.54, 1.807) is 12.1 Å². The van der Waals surface area contributed by atoms with Crippen molar-refractivity contribution in [3.8, 4) is 11.3 Å². The van der Waals surface area contributed by atoms with Gasteiger partial charge in [0.15, 0.2) is 0 Å². The molecule has 136 valence electrons. The highest BCUT2D eigenvalue weighted by Gasteiger charge is 2.21. The van der Waals surface area contributed by atoms with Crippen molar-refractivity contribution in [1.82, 2.24) is 20.4 Å². The quantitative estimate of drug-likeness (QED) is 0.712. The summed E-state index contributed by atoms with van der Waals surface area (Å²) < 4.78 is 19.2. The Hall–Kier alpha value is -2.93. The van der Waals surface area contributed by atoms with Crippen LogP contribution in [-0.2, 0) is 0 Å². The van der Waals surface area contributed by atoms with Gasteiger partial charge in [0.1, 0.15) is 17.3 Å². The van der Waals surface area contributed by atoms with Crippen LogP contribution in [0.2, 0.25) is 0 Å². The van der Waals surface area contributed by atoms with E-state index in [2.05, 4.69) is 15.5 Å². The number of amides is 1. The van der Waals surface area contributed by atoms with E-state index >= 15 is 0 Å². The maximum atomic E-state index is 13.5. The Morgan fingerprint density at radius 3 is 2.81 bits per heavy atom. The molecule has 0 saturated heterocycles. The molecule has 1 aromatic carbocycles. The smallest absolute Gasteiger partial charge is 0.255 e. The van der Waals surface area contributed by atoms with Crippen molar-refractivity contribution in [2.45, 2.75) is 13.0 Å². The summed E-state index contributed by atoms with van der Waals surface area (Å²) in [6, 6.07) is 9.73. The van der Waals surface area contributed by atoms with Crippen molar-refractivity contribution in [3.05, 3.63) is 65.5 Å². The van der Waals surface area contributed by atoms with Crippen molar-refractivity contribution in [2.24, 2.45) is 0 Å². The summed E-state index contributed by atoms with van der Waals surface area (Å²) in [5, 5.41) is 9.61. The number of aryl methyl sites for hydroxylation is 1. The van der Waals surface area contributed by atoms with Gasteiger partial charge in [0, 0.05) is 12.1 Å². The summed E-state index contributed by atoms with van der Waals surface area (Å²) in [4.78, 5) is 14.6. The Balaban J connectivity index is 1.75. The van der Waals surface area contributed by atoms with Crippen molar-refractivity contribution >= 4 is 5.91 Å². The minimum Gasteiger partial charge on any atom is -0.465 e. The molecular weight excluding hydrogens is 335 g/mol. The zero-order valence-electron chi connectivity index (χ0n) is 14.9. The number of H-pyrrole nitrogens is 1. The first kappa shape index (κ1) is 17.9. The number of aromatic amines is 1. The predicted octanol–water partition coefficient (Wildman–Crippen LogP) is 3.15. The molecule has 1 amide bonds. The van der Waals surface area contributed by atoms with Crippen LogP contribution in [0.1, 0.15) is 27.9 Å². The summed E-state index contributed by atoms with van der Waals surface area (Å²) >= 11 is 0. The number of nitrogens with zero attached hydrogens (tertiary/aromatic N) is 2. The van der Waals surface area contributed by atoms with Gasteiger partial charge in [-0.25, -0.2) is 4.39 Å². The Bertz CT molecular complexity index is 900. The summed E-state index contributed by atoms with van der Waals surface area (Å²) in [5.74, 6) is 0.948. The molecular formula is C19H21FN4O2. The predicted molar refractivity (Wildman–Crippen MR) is 96.2 cm³/mol. The van der Waals surface area contributed by atoms with Gasteiger partial charge in [0.05, 0.1) is 23.5 Å². The second-order valence-electron chi connectivity index (χ2n) is 6.31. The monoisotopic (exact) mass is 356 g/mol. The number of aromatic nitrogens is 2.